The first-order valence-corrected chi connectivity index (χ1v) is 6.08. The highest BCUT2D eigenvalue weighted by Crippen LogP contribution is 2.47. The molecule has 1 aliphatic heterocycles. The van der Waals surface area contributed by atoms with Gasteiger partial charge in [-0.2, -0.15) is 0 Å². The summed E-state index contributed by atoms with van der Waals surface area (Å²) in [5.74, 6) is -2.12. The summed E-state index contributed by atoms with van der Waals surface area (Å²) in [7, 11) is 1.74. The minimum absolute atomic E-state index is 0.347. The Bertz CT molecular complexity index is 642. The third-order valence-electron chi connectivity index (χ3n) is 2.87. The van der Waals surface area contributed by atoms with Gasteiger partial charge in [0.15, 0.2) is 11.6 Å². The second kappa shape index (κ2) is 3.95. The second-order valence-electron chi connectivity index (χ2n) is 4.01. The van der Waals surface area contributed by atoms with Crippen LogP contribution >= 0.6 is 11.8 Å². The number of anilines is 2. The molecule has 3 rings (SSSR count). The molecule has 0 radical (unpaired) electrons. The molecular weight excluding hydrogens is 259 g/mol. The lowest BCUT2D eigenvalue weighted by Crippen LogP contribution is -2.15. The molecule has 5 heteroatoms. The Hall–Kier alpha value is -1.62. The fraction of sp³-hybridized carbons (Fsp3) is 0.0769. The summed E-state index contributed by atoms with van der Waals surface area (Å²) in [5.41, 5.74) is 1.36. The number of benzene rings is 2. The monoisotopic (exact) mass is 267 g/mol. The van der Waals surface area contributed by atoms with Crippen LogP contribution in [0.2, 0.25) is 0 Å². The molecule has 2 aromatic rings. The lowest BCUT2D eigenvalue weighted by atomic mass is 10.2. The van der Waals surface area contributed by atoms with Crippen LogP contribution in [0.1, 0.15) is 0 Å². The van der Waals surface area contributed by atoms with E-state index in [-0.39, 0.29) is 5.82 Å². The number of halogens is 3. The van der Waals surface area contributed by atoms with Gasteiger partial charge in [0.1, 0.15) is 5.82 Å². The molecule has 0 saturated carbocycles. The molecule has 0 aromatic heterocycles. The van der Waals surface area contributed by atoms with E-state index in [0.29, 0.717) is 15.5 Å². The minimum atomic E-state index is -0.894. The summed E-state index contributed by atoms with van der Waals surface area (Å²) in [6.07, 6.45) is 0. The Morgan fingerprint density at radius 1 is 0.889 bits per heavy atom. The number of fused-ring (bicyclic) bond motifs is 2. The van der Waals surface area contributed by atoms with Gasteiger partial charge in [0.2, 0.25) is 0 Å². The molecule has 0 atom stereocenters. The van der Waals surface area contributed by atoms with Gasteiger partial charge in [0.05, 0.1) is 11.4 Å². The van der Waals surface area contributed by atoms with Gasteiger partial charge in [0.25, 0.3) is 0 Å². The second-order valence-corrected chi connectivity index (χ2v) is 5.09. The third kappa shape index (κ3) is 1.66. The maximum Gasteiger partial charge on any atom is 0.160 e. The van der Waals surface area contributed by atoms with Crippen LogP contribution in [0.3, 0.4) is 0 Å². The van der Waals surface area contributed by atoms with Crippen molar-refractivity contribution in [3.05, 3.63) is 47.8 Å². The molecule has 1 nitrogen and oxygen atoms in total. The molecule has 2 aromatic carbocycles. The Morgan fingerprint density at radius 3 is 2.33 bits per heavy atom. The van der Waals surface area contributed by atoms with Crippen LogP contribution in [0.4, 0.5) is 24.5 Å². The van der Waals surface area contributed by atoms with Crippen LogP contribution in [0.5, 0.6) is 0 Å². The lowest BCUT2D eigenvalue weighted by Gasteiger charge is -2.29. The molecule has 92 valence electrons. The van der Waals surface area contributed by atoms with Gasteiger partial charge in [-0.1, -0.05) is 11.8 Å². The van der Waals surface area contributed by atoms with Gasteiger partial charge in [-0.3, -0.25) is 0 Å². The van der Waals surface area contributed by atoms with Crippen molar-refractivity contribution in [2.45, 2.75) is 9.79 Å². The van der Waals surface area contributed by atoms with Gasteiger partial charge in [-0.15, -0.1) is 0 Å². The molecular formula is C13H8F3NS. The smallest absolute Gasteiger partial charge is 0.160 e. The molecule has 0 N–H and O–H groups in total. The third-order valence-corrected chi connectivity index (χ3v) is 3.96. The van der Waals surface area contributed by atoms with Crippen LogP contribution in [-0.2, 0) is 0 Å². The van der Waals surface area contributed by atoms with Gasteiger partial charge in [-0.25, -0.2) is 13.2 Å². The summed E-state index contributed by atoms with van der Waals surface area (Å²) < 4.78 is 39.6. The SMILES string of the molecule is CN1c2ccc(F)cc2Sc2cc(F)c(F)cc21. The summed E-state index contributed by atoms with van der Waals surface area (Å²) in [6, 6.07) is 6.66. The summed E-state index contributed by atoms with van der Waals surface area (Å²) in [5, 5.41) is 0. The van der Waals surface area contributed by atoms with Crippen molar-refractivity contribution in [2.75, 3.05) is 11.9 Å². The van der Waals surface area contributed by atoms with Crippen molar-refractivity contribution in [1.29, 1.82) is 0 Å². The van der Waals surface area contributed by atoms with Gasteiger partial charge in [-0.05, 0) is 24.3 Å². The predicted octanol–water partition coefficient (Wildman–Crippen LogP) is 4.34. The molecule has 0 amide bonds. The van der Waals surface area contributed by atoms with Gasteiger partial charge in [0, 0.05) is 22.9 Å². The van der Waals surface area contributed by atoms with Crippen LogP contribution < -0.4 is 4.90 Å². The maximum atomic E-state index is 13.2. The van der Waals surface area contributed by atoms with Crippen molar-refractivity contribution in [2.24, 2.45) is 0 Å². The van der Waals surface area contributed by atoms with E-state index < -0.39 is 11.6 Å². The van der Waals surface area contributed by atoms with E-state index in [9.17, 15) is 13.2 Å². The largest absolute Gasteiger partial charge is 0.343 e. The lowest BCUT2D eigenvalue weighted by molar-refractivity contribution is 0.506. The van der Waals surface area contributed by atoms with Crippen LogP contribution in [-0.4, -0.2) is 7.05 Å². The van der Waals surface area contributed by atoms with E-state index in [0.717, 1.165) is 17.8 Å². The van der Waals surface area contributed by atoms with E-state index in [1.54, 1.807) is 18.0 Å². The molecule has 1 heterocycles. The van der Waals surface area contributed by atoms with Gasteiger partial charge < -0.3 is 4.90 Å². The molecule has 0 bridgehead atoms. The number of hydrogen-bond donors (Lipinski definition) is 0. The average molecular weight is 267 g/mol. The Kier molecular flexibility index (Phi) is 2.52. The zero-order chi connectivity index (χ0) is 12.9. The van der Waals surface area contributed by atoms with Crippen molar-refractivity contribution in [1.82, 2.24) is 0 Å². The Morgan fingerprint density at radius 2 is 1.56 bits per heavy atom. The minimum Gasteiger partial charge on any atom is -0.343 e. The zero-order valence-electron chi connectivity index (χ0n) is 9.38. The Labute approximate surface area is 106 Å². The molecule has 0 aliphatic carbocycles. The standard InChI is InChI=1S/C13H8F3NS/c1-17-10-3-2-7(14)4-12(10)18-13-6-9(16)8(15)5-11(13)17/h2-6H,1H3. The first-order chi connectivity index (χ1) is 8.56. The van der Waals surface area contributed by atoms with Crippen molar-refractivity contribution < 1.29 is 13.2 Å². The number of nitrogens with zero attached hydrogens (tertiary/aromatic N) is 1. The first kappa shape index (κ1) is 11.5. The van der Waals surface area contributed by atoms with Gasteiger partial charge >= 0.3 is 0 Å². The zero-order valence-corrected chi connectivity index (χ0v) is 10.2. The van der Waals surface area contributed by atoms with E-state index in [1.807, 2.05) is 0 Å². The number of hydrogen-bond acceptors (Lipinski definition) is 2. The van der Waals surface area contributed by atoms with E-state index in [1.165, 1.54) is 23.9 Å². The van der Waals surface area contributed by atoms with E-state index in [4.69, 9.17) is 0 Å². The topological polar surface area (TPSA) is 3.24 Å². The highest BCUT2D eigenvalue weighted by Gasteiger charge is 2.23. The van der Waals surface area contributed by atoms with Crippen LogP contribution in [0, 0.1) is 17.5 Å². The molecule has 0 saturated heterocycles. The van der Waals surface area contributed by atoms with Crippen LogP contribution in [0.25, 0.3) is 0 Å². The highest BCUT2D eigenvalue weighted by atomic mass is 32.2. The maximum absolute atomic E-state index is 13.2. The van der Waals surface area contributed by atoms with Crippen molar-refractivity contribution in [3.63, 3.8) is 0 Å². The van der Waals surface area contributed by atoms with Crippen molar-refractivity contribution in [3.8, 4) is 0 Å². The molecule has 1 aliphatic rings. The quantitative estimate of drug-likeness (QED) is 0.698. The Balaban J connectivity index is 2.18. The van der Waals surface area contributed by atoms with Crippen LogP contribution in [0.15, 0.2) is 40.1 Å². The summed E-state index contributed by atoms with van der Waals surface area (Å²) in [6.45, 7) is 0. The molecule has 0 fully saturated rings. The van der Waals surface area contributed by atoms with E-state index >= 15 is 0 Å². The number of rotatable bonds is 0. The molecule has 18 heavy (non-hydrogen) atoms. The predicted molar refractivity (Wildman–Crippen MR) is 64.9 cm³/mol. The molecule has 0 unspecified atom stereocenters. The average Bonchev–Trinajstić information content (AvgIpc) is 2.32. The molecule has 0 spiro atoms. The highest BCUT2D eigenvalue weighted by molar-refractivity contribution is 7.99. The normalized spacial score (nSPS) is 13.2. The van der Waals surface area contributed by atoms with E-state index in [2.05, 4.69) is 0 Å². The first-order valence-electron chi connectivity index (χ1n) is 5.26. The summed E-state index contributed by atoms with van der Waals surface area (Å²) in [4.78, 5) is 2.99. The summed E-state index contributed by atoms with van der Waals surface area (Å²) >= 11 is 1.23. The fourth-order valence-electron chi connectivity index (χ4n) is 1.96. The van der Waals surface area contributed by atoms with Crippen molar-refractivity contribution >= 4 is 23.1 Å². The fourth-order valence-corrected chi connectivity index (χ4v) is 3.14.